The lowest BCUT2D eigenvalue weighted by atomic mass is 9.95. The number of hydrogen-bond donors (Lipinski definition) is 2. The third kappa shape index (κ3) is 5.94. The zero-order chi connectivity index (χ0) is 24.8. The first-order chi connectivity index (χ1) is 16.9. The Morgan fingerprint density at radius 2 is 1.89 bits per heavy atom. The number of nitrogens with zero attached hydrogens (tertiary/aromatic N) is 1. The number of rotatable bonds is 11. The van der Waals surface area contributed by atoms with Crippen LogP contribution in [0.15, 0.2) is 29.2 Å². The number of thiophene rings is 1. The summed E-state index contributed by atoms with van der Waals surface area (Å²) in [5, 5.41) is 6.86. The molecule has 0 bridgehead atoms. The first-order valence-electron chi connectivity index (χ1n) is 12.2. The van der Waals surface area contributed by atoms with Gasteiger partial charge in [0.25, 0.3) is 5.91 Å². The minimum atomic E-state index is -3.59. The molecule has 8 nitrogen and oxygen atoms in total. The van der Waals surface area contributed by atoms with Crippen molar-refractivity contribution in [1.82, 2.24) is 9.62 Å². The van der Waals surface area contributed by atoms with Gasteiger partial charge in [0.15, 0.2) is 5.78 Å². The molecule has 2 N–H and O–H groups in total. The van der Waals surface area contributed by atoms with Gasteiger partial charge in [-0.15, -0.1) is 11.3 Å². The van der Waals surface area contributed by atoms with Crippen LogP contribution < -0.4 is 10.6 Å². The fourth-order valence-electron chi connectivity index (χ4n) is 4.61. The Bertz CT molecular complexity index is 1170. The molecule has 0 saturated carbocycles. The number of Topliss-reactive ketones (excluding diaryl/α,β-unsaturated/α-hetero) is 1. The van der Waals surface area contributed by atoms with Gasteiger partial charge in [-0.1, -0.05) is 12.1 Å². The summed E-state index contributed by atoms with van der Waals surface area (Å²) in [5.41, 5.74) is 2.06. The lowest BCUT2D eigenvalue weighted by molar-refractivity contribution is 0.0946. The van der Waals surface area contributed by atoms with Gasteiger partial charge in [-0.25, -0.2) is 8.42 Å². The summed E-state index contributed by atoms with van der Waals surface area (Å²) in [7, 11) is -1.96. The number of hydrogen-bond acceptors (Lipinski definition) is 7. The van der Waals surface area contributed by atoms with Crippen molar-refractivity contribution in [3.8, 4) is 0 Å². The molecule has 1 fully saturated rings. The Kier molecular flexibility index (Phi) is 8.59. The molecule has 0 spiro atoms. The smallest absolute Gasteiger partial charge is 0.254 e. The molecule has 0 unspecified atom stereocenters. The van der Waals surface area contributed by atoms with Gasteiger partial charge >= 0.3 is 0 Å². The van der Waals surface area contributed by atoms with Crippen molar-refractivity contribution in [3.05, 3.63) is 45.8 Å². The fraction of sp³-hybridized carbons (Fsp3) is 0.520. The lowest BCUT2D eigenvalue weighted by Gasteiger charge is -2.16. The molecular formula is C25H33N3O5S2. The van der Waals surface area contributed by atoms with E-state index in [-0.39, 0.29) is 23.1 Å². The summed E-state index contributed by atoms with van der Waals surface area (Å²) in [6.45, 7) is 2.11. The van der Waals surface area contributed by atoms with Gasteiger partial charge in [-0.2, -0.15) is 4.31 Å². The molecule has 1 saturated heterocycles. The van der Waals surface area contributed by atoms with Crippen molar-refractivity contribution in [2.75, 3.05) is 45.2 Å². The number of fused-ring (bicyclic) bond motifs is 1. The van der Waals surface area contributed by atoms with Gasteiger partial charge in [0.1, 0.15) is 5.00 Å². The highest BCUT2D eigenvalue weighted by molar-refractivity contribution is 7.89. The maximum absolute atomic E-state index is 13.0. The minimum absolute atomic E-state index is 0.0173. The highest BCUT2D eigenvalue weighted by Crippen LogP contribution is 2.38. The molecule has 1 aromatic heterocycles. The predicted molar refractivity (Wildman–Crippen MR) is 137 cm³/mol. The number of methoxy groups -OCH3 is 1. The van der Waals surface area contributed by atoms with E-state index in [2.05, 4.69) is 10.6 Å². The number of sulfonamides is 1. The van der Waals surface area contributed by atoms with Crippen LogP contribution in [0.1, 0.15) is 63.3 Å². The molecule has 10 heteroatoms. The molecule has 2 heterocycles. The highest BCUT2D eigenvalue weighted by atomic mass is 32.2. The molecule has 35 heavy (non-hydrogen) atoms. The van der Waals surface area contributed by atoms with E-state index in [0.29, 0.717) is 42.4 Å². The van der Waals surface area contributed by atoms with Crippen LogP contribution in [-0.4, -0.2) is 64.3 Å². The zero-order valence-corrected chi connectivity index (χ0v) is 21.7. The Balaban J connectivity index is 1.48. The third-order valence-corrected chi connectivity index (χ3v) is 9.62. The Labute approximate surface area is 211 Å². The number of ether oxygens (including phenoxy) is 1. The molecule has 190 valence electrons. The van der Waals surface area contributed by atoms with Gasteiger partial charge < -0.3 is 15.4 Å². The van der Waals surface area contributed by atoms with E-state index >= 15 is 0 Å². The summed E-state index contributed by atoms with van der Waals surface area (Å²) < 4.78 is 32.3. The molecule has 1 aromatic carbocycles. The van der Waals surface area contributed by atoms with Crippen LogP contribution in [0.3, 0.4) is 0 Å². The van der Waals surface area contributed by atoms with Gasteiger partial charge in [-0.3, -0.25) is 9.59 Å². The van der Waals surface area contributed by atoms with Crippen LogP contribution in [0, 0.1) is 0 Å². The summed E-state index contributed by atoms with van der Waals surface area (Å²) >= 11 is 1.54. The van der Waals surface area contributed by atoms with Crippen LogP contribution in [0.2, 0.25) is 0 Å². The number of ketones is 1. The van der Waals surface area contributed by atoms with Gasteiger partial charge in [0, 0.05) is 43.8 Å². The maximum atomic E-state index is 13.0. The first-order valence-corrected chi connectivity index (χ1v) is 14.5. The van der Waals surface area contributed by atoms with Gasteiger partial charge in [0.2, 0.25) is 10.0 Å². The summed E-state index contributed by atoms with van der Waals surface area (Å²) in [6.07, 6.45) is 6.38. The van der Waals surface area contributed by atoms with E-state index in [1.807, 2.05) is 0 Å². The Hall–Kier alpha value is -2.27. The number of nitrogens with one attached hydrogen (secondary N) is 2. The largest absolute Gasteiger partial charge is 0.385 e. The Morgan fingerprint density at radius 3 is 2.66 bits per heavy atom. The fourth-order valence-corrected chi connectivity index (χ4v) is 7.45. The second-order valence-corrected chi connectivity index (χ2v) is 12.0. The van der Waals surface area contributed by atoms with E-state index in [1.54, 1.807) is 30.6 Å². The van der Waals surface area contributed by atoms with Gasteiger partial charge in [0.05, 0.1) is 17.0 Å². The van der Waals surface area contributed by atoms with Crippen molar-refractivity contribution < 1.29 is 22.7 Å². The highest BCUT2D eigenvalue weighted by Gasteiger charge is 2.28. The quantitative estimate of drug-likeness (QED) is 0.348. The number of carbonyl (C=O) groups excluding carboxylic acids is 2. The molecule has 0 atom stereocenters. The van der Waals surface area contributed by atoms with E-state index in [4.69, 9.17) is 4.74 Å². The number of carbonyl (C=O) groups is 2. The molecular weight excluding hydrogens is 486 g/mol. The van der Waals surface area contributed by atoms with E-state index < -0.39 is 10.0 Å². The zero-order valence-electron chi connectivity index (χ0n) is 20.1. The average Bonchev–Trinajstić information content (AvgIpc) is 3.54. The normalized spacial score (nSPS) is 16.1. The van der Waals surface area contributed by atoms with Crippen LogP contribution in [0.5, 0.6) is 0 Å². The van der Waals surface area contributed by atoms with E-state index in [0.717, 1.165) is 50.5 Å². The van der Waals surface area contributed by atoms with Crippen LogP contribution in [0.4, 0.5) is 5.00 Å². The predicted octanol–water partition coefficient (Wildman–Crippen LogP) is 3.47. The van der Waals surface area contributed by atoms with Crippen LogP contribution in [0.25, 0.3) is 0 Å². The van der Waals surface area contributed by atoms with Crippen LogP contribution in [-0.2, 0) is 27.6 Å². The molecule has 1 aliphatic carbocycles. The maximum Gasteiger partial charge on any atom is 0.254 e. The SMILES string of the molecule is COCCCNC(=O)c1c(NCC(=O)c2cccc(S(=O)(=O)N3CCCC3)c2)sc2c1CCCC2. The molecule has 2 aromatic rings. The monoisotopic (exact) mass is 519 g/mol. The molecule has 1 amide bonds. The second kappa shape index (κ2) is 11.6. The number of amides is 1. The van der Waals surface area contributed by atoms with E-state index in [1.165, 1.54) is 21.3 Å². The molecule has 0 radical (unpaired) electrons. The third-order valence-electron chi connectivity index (χ3n) is 6.48. The van der Waals surface area contributed by atoms with Crippen molar-refractivity contribution in [3.63, 3.8) is 0 Å². The number of anilines is 1. The summed E-state index contributed by atoms with van der Waals surface area (Å²) in [6, 6.07) is 6.24. The molecule has 4 rings (SSSR count). The van der Waals surface area contributed by atoms with Crippen molar-refractivity contribution in [2.24, 2.45) is 0 Å². The summed E-state index contributed by atoms with van der Waals surface area (Å²) in [5.74, 6) is -0.351. The Morgan fingerprint density at radius 1 is 1.11 bits per heavy atom. The van der Waals surface area contributed by atoms with Crippen molar-refractivity contribution >= 4 is 38.1 Å². The molecule has 2 aliphatic rings. The lowest BCUT2D eigenvalue weighted by Crippen LogP contribution is -2.28. The van der Waals surface area contributed by atoms with Gasteiger partial charge in [-0.05, 0) is 62.6 Å². The first kappa shape index (κ1) is 25.8. The van der Waals surface area contributed by atoms with Crippen molar-refractivity contribution in [2.45, 2.75) is 49.8 Å². The molecule has 1 aliphatic heterocycles. The minimum Gasteiger partial charge on any atom is -0.385 e. The topological polar surface area (TPSA) is 105 Å². The van der Waals surface area contributed by atoms with E-state index in [9.17, 15) is 18.0 Å². The average molecular weight is 520 g/mol. The van der Waals surface area contributed by atoms with Crippen LogP contribution >= 0.6 is 11.3 Å². The number of aryl methyl sites for hydroxylation is 1. The standard InChI is InChI=1S/C25H33N3O5S2/c1-33-15-7-12-26-24(30)23-20-10-2-3-11-22(20)34-25(23)27-17-21(29)18-8-6-9-19(16-18)35(31,32)28-13-4-5-14-28/h6,8-9,16,27H,2-5,7,10-15,17H2,1H3,(H,26,30). The summed E-state index contributed by atoms with van der Waals surface area (Å²) in [4.78, 5) is 27.4. The van der Waals surface area contributed by atoms with Crippen molar-refractivity contribution in [1.29, 1.82) is 0 Å². The second-order valence-electron chi connectivity index (χ2n) is 8.93. The number of benzene rings is 1.